The van der Waals surface area contributed by atoms with Crippen molar-refractivity contribution in [1.29, 1.82) is 5.41 Å². The second-order valence-electron chi connectivity index (χ2n) is 9.41. The molecule has 3 aromatic rings. The maximum absolute atomic E-state index is 13.7. The Hall–Kier alpha value is -3.75. The minimum atomic E-state index is -4.48. The Morgan fingerprint density at radius 3 is 2.58 bits per heavy atom. The van der Waals surface area contributed by atoms with E-state index in [0.717, 1.165) is 18.2 Å². The van der Waals surface area contributed by atoms with Gasteiger partial charge in [-0.1, -0.05) is 25.1 Å². The number of nitrogen functional groups attached to an aromatic ring is 1. The SMILES string of the molecule is Cc1cc(C(=N)c2cc(C(=O)N[C@H]3CCC(C)C[C@@H]3c3ccccc3C(F)(F)F)cnc2N)ccn1. The third kappa shape index (κ3) is 5.40. The second kappa shape index (κ2) is 10.1. The first-order valence-electron chi connectivity index (χ1n) is 11.8. The number of benzene rings is 1. The number of amides is 1. The van der Waals surface area contributed by atoms with Crippen LogP contribution in [0, 0.1) is 18.3 Å². The summed E-state index contributed by atoms with van der Waals surface area (Å²) in [4.78, 5) is 21.5. The Morgan fingerprint density at radius 2 is 1.86 bits per heavy atom. The molecule has 0 bridgehead atoms. The number of halogens is 3. The molecule has 1 aromatic carbocycles. The Labute approximate surface area is 207 Å². The van der Waals surface area contributed by atoms with Gasteiger partial charge in [0, 0.05) is 41.2 Å². The molecule has 1 amide bonds. The van der Waals surface area contributed by atoms with Gasteiger partial charge in [0.1, 0.15) is 5.82 Å². The van der Waals surface area contributed by atoms with Crippen LogP contribution in [-0.2, 0) is 6.18 Å². The first-order valence-corrected chi connectivity index (χ1v) is 11.8. The Balaban J connectivity index is 1.61. The molecule has 0 spiro atoms. The fourth-order valence-electron chi connectivity index (χ4n) is 4.88. The minimum Gasteiger partial charge on any atom is -0.383 e. The Kier molecular flexibility index (Phi) is 7.10. The number of carbonyl (C=O) groups is 1. The van der Waals surface area contributed by atoms with Crippen LogP contribution in [0.2, 0.25) is 0 Å². The molecule has 0 aliphatic heterocycles. The van der Waals surface area contributed by atoms with E-state index in [9.17, 15) is 18.0 Å². The monoisotopic (exact) mass is 495 g/mol. The highest BCUT2D eigenvalue weighted by Crippen LogP contribution is 2.42. The molecule has 0 radical (unpaired) electrons. The van der Waals surface area contributed by atoms with Crippen LogP contribution in [0.1, 0.15) is 70.4 Å². The van der Waals surface area contributed by atoms with E-state index in [1.54, 1.807) is 31.3 Å². The van der Waals surface area contributed by atoms with Gasteiger partial charge in [-0.25, -0.2) is 4.98 Å². The normalized spacial score (nSPS) is 20.1. The Bertz CT molecular complexity index is 1290. The number of rotatable bonds is 5. The number of aromatic nitrogens is 2. The van der Waals surface area contributed by atoms with Gasteiger partial charge in [-0.05, 0) is 61.9 Å². The summed E-state index contributed by atoms with van der Waals surface area (Å²) in [5, 5.41) is 11.5. The van der Waals surface area contributed by atoms with Gasteiger partial charge in [0.25, 0.3) is 5.91 Å². The van der Waals surface area contributed by atoms with Crippen LogP contribution in [0.15, 0.2) is 54.9 Å². The number of nitrogens with two attached hydrogens (primary N) is 1. The summed E-state index contributed by atoms with van der Waals surface area (Å²) in [5.41, 5.74) is 7.45. The number of hydrogen-bond donors (Lipinski definition) is 3. The van der Waals surface area contributed by atoms with E-state index in [-0.39, 0.29) is 28.6 Å². The lowest BCUT2D eigenvalue weighted by atomic mass is 9.74. The van der Waals surface area contributed by atoms with Crippen molar-refractivity contribution in [2.75, 3.05) is 5.73 Å². The highest BCUT2D eigenvalue weighted by molar-refractivity contribution is 6.14. The van der Waals surface area contributed by atoms with Crippen molar-refractivity contribution in [3.05, 3.63) is 88.4 Å². The van der Waals surface area contributed by atoms with Gasteiger partial charge in [-0.15, -0.1) is 0 Å². The molecule has 2 aromatic heterocycles. The molecule has 2 heterocycles. The maximum atomic E-state index is 13.7. The van der Waals surface area contributed by atoms with Crippen LogP contribution in [0.5, 0.6) is 0 Å². The minimum absolute atomic E-state index is 0.101. The summed E-state index contributed by atoms with van der Waals surface area (Å²) in [6.45, 7) is 3.82. The number of alkyl halides is 3. The van der Waals surface area contributed by atoms with Crippen LogP contribution >= 0.6 is 0 Å². The summed E-state index contributed by atoms with van der Waals surface area (Å²) in [7, 11) is 0. The third-order valence-corrected chi connectivity index (χ3v) is 6.73. The summed E-state index contributed by atoms with van der Waals surface area (Å²) in [6.07, 6.45) is 0.326. The summed E-state index contributed by atoms with van der Waals surface area (Å²) in [6, 6.07) is 10.0. The van der Waals surface area contributed by atoms with Crippen molar-refractivity contribution in [2.24, 2.45) is 5.92 Å². The zero-order valence-corrected chi connectivity index (χ0v) is 20.1. The van der Waals surface area contributed by atoms with Crippen molar-refractivity contribution in [3.8, 4) is 0 Å². The molecule has 188 valence electrons. The molecule has 1 aliphatic rings. The number of carbonyl (C=O) groups excluding carboxylic acids is 1. The standard InChI is InChI=1S/C27H28F3N5O/c1-15-7-8-23(20(11-15)19-5-3-4-6-22(19)27(28,29)30)35-26(36)18-13-21(25(32)34-14-18)24(31)17-9-10-33-16(2)12-17/h3-6,9-10,12-15,20,23,31H,7-8,11H2,1-2H3,(H2,32,34)(H,35,36)/t15?,20-,23+/m1/s1. The highest BCUT2D eigenvalue weighted by atomic mass is 19.4. The zero-order valence-electron chi connectivity index (χ0n) is 20.1. The van der Waals surface area contributed by atoms with E-state index in [0.29, 0.717) is 24.0 Å². The molecule has 36 heavy (non-hydrogen) atoms. The molecule has 9 heteroatoms. The van der Waals surface area contributed by atoms with Crippen LogP contribution in [-0.4, -0.2) is 27.6 Å². The van der Waals surface area contributed by atoms with Crippen LogP contribution in [0.3, 0.4) is 0 Å². The van der Waals surface area contributed by atoms with E-state index in [2.05, 4.69) is 15.3 Å². The molecule has 0 saturated heterocycles. The number of nitrogens with zero attached hydrogens (tertiary/aromatic N) is 2. The lowest BCUT2D eigenvalue weighted by molar-refractivity contribution is -0.138. The summed E-state index contributed by atoms with van der Waals surface area (Å²) < 4.78 is 41.2. The molecule has 3 atom stereocenters. The maximum Gasteiger partial charge on any atom is 0.416 e. The topological polar surface area (TPSA) is 105 Å². The summed E-state index contributed by atoms with van der Waals surface area (Å²) in [5.74, 6) is -0.598. The average molecular weight is 496 g/mol. The highest BCUT2D eigenvalue weighted by Gasteiger charge is 2.39. The second-order valence-corrected chi connectivity index (χ2v) is 9.41. The van der Waals surface area contributed by atoms with Crippen LogP contribution in [0.25, 0.3) is 0 Å². The molecule has 1 fully saturated rings. The first-order chi connectivity index (χ1) is 17.0. The van der Waals surface area contributed by atoms with E-state index in [4.69, 9.17) is 11.1 Å². The summed E-state index contributed by atoms with van der Waals surface area (Å²) >= 11 is 0. The molecular formula is C27H28F3N5O. The number of anilines is 1. The average Bonchev–Trinajstić information content (AvgIpc) is 2.84. The molecule has 4 rings (SSSR count). The number of pyridine rings is 2. The number of aryl methyl sites for hydroxylation is 1. The lowest BCUT2D eigenvalue weighted by Gasteiger charge is -2.37. The van der Waals surface area contributed by atoms with Gasteiger partial charge >= 0.3 is 6.18 Å². The van der Waals surface area contributed by atoms with Gasteiger partial charge in [-0.2, -0.15) is 13.2 Å². The molecule has 1 aliphatic carbocycles. The van der Waals surface area contributed by atoms with Gasteiger partial charge in [0.15, 0.2) is 0 Å². The molecule has 1 saturated carbocycles. The smallest absolute Gasteiger partial charge is 0.383 e. The van der Waals surface area contributed by atoms with Crippen molar-refractivity contribution in [1.82, 2.24) is 15.3 Å². The van der Waals surface area contributed by atoms with E-state index in [1.165, 1.54) is 24.4 Å². The number of nitrogens with one attached hydrogen (secondary N) is 2. The predicted molar refractivity (Wildman–Crippen MR) is 132 cm³/mol. The lowest BCUT2D eigenvalue weighted by Crippen LogP contribution is -2.43. The van der Waals surface area contributed by atoms with Gasteiger partial charge in [0.05, 0.1) is 16.8 Å². The molecule has 4 N–H and O–H groups in total. The van der Waals surface area contributed by atoms with E-state index in [1.807, 2.05) is 6.92 Å². The number of hydrogen-bond acceptors (Lipinski definition) is 5. The van der Waals surface area contributed by atoms with Crippen LogP contribution in [0.4, 0.5) is 19.0 Å². The first kappa shape index (κ1) is 25.3. The molecule has 6 nitrogen and oxygen atoms in total. The predicted octanol–water partition coefficient (Wildman–Crippen LogP) is 5.50. The van der Waals surface area contributed by atoms with Crippen molar-refractivity contribution >= 4 is 17.4 Å². The van der Waals surface area contributed by atoms with Gasteiger partial charge in [0.2, 0.25) is 0 Å². The van der Waals surface area contributed by atoms with Crippen molar-refractivity contribution in [3.63, 3.8) is 0 Å². The van der Waals surface area contributed by atoms with Gasteiger partial charge in [-0.3, -0.25) is 15.2 Å². The largest absolute Gasteiger partial charge is 0.416 e. The van der Waals surface area contributed by atoms with E-state index < -0.39 is 29.6 Å². The molecule has 1 unspecified atom stereocenters. The van der Waals surface area contributed by atoms with Crippen LogP contribution < -0.4 is 11.1 Å². The van der Waals surface area contributed by atoms with Gasteiger partial charge < -0.3 is 11.1 Å². The third-order valence-electron chi connectivity index (χ3n) is 6.73. The quantitative estimate of drug-likeness (QED) is 0.406. The Morgan fingerprint density at radius 1 is 1.11 bits per heavy atom. The fourth-order valence-corrected chi connectivity index (χ4v) is 4.88. The van der Waals surface area contributed by atoms with Crippen molar-refractivity contribution < 1.29 is 18.0 Å². The molecular weight excluding hydrogens is 467 g/mol. The fraction of sp³-hybridized carbons (Fsp3) is 0.333. The van der Waals surface area contributed by atoms with Crippen molar-refractivity contribution in [2.45, 2.75) is 51.2 Å². The zero-order chi connectivity index (χ0) is 26.0. The van der Waals surface area contributed by atoms with E-state index >= 15 is 0 Å².